The maximum Gasteiger partial charge on any atom is 0.306 e. The topological polar surface area (TPSA) is 37.3 Å². The van der Waals surface area contributed by atoms with Gasteiger partial charge >= 0.3 is 5.97 Å². The Balaban J connectivity index is 2.57. The fraction of sp³-hybridized carbons (Fsp3) is 0.750. The molecule has 14 heavy (non-hydrogen) atoms. The molecule has 0 aromatic heterocycles. The summed E-state index contributed by atoms with van der Waals surface area (Å²) in [5.74, 6) is -0.356. The van der Waals surface area contributed by atoms with E-state index in [-0.39, 0.29) is 5.92 Å². The molecule has 0 aliphatic heterocycles. The van der Waals surface area contributed by atoms with Crippen LogP contribution < -0.4 is 0 Å². The third-order valence-electron chi connectivity index (χ3n) is 3.16. The molecule has 0 amide bonds. The first kappa shape index (κ1) is 11.3. The smallest absolute Gasteiger partial charge is 0.306 e. The second-order valence-electron chi connectivity index (χ2n) is 4.32. The van der Waals surface area contributed by atoms with Gasteiger partial charge in [-0.25, -0.2) is 0 Å². The fourth-order valence-corrected chi connectivity index (χ4v) is 2.22. The van der Waals surface area contributed by atoms with E-state index < -0.39 is 5.97 Å². The summed E-state index contributed by atoms with van der Waals surface area (Å²) in [4.78, 5) is 11.0. The van der Waals surface area contributed by atoms with E-state index in [0.717, 1.165) is 32.1 Å². The maximum absolute atomic E-state index is 11.0. The molecule has 0 saturated carbocycles. The van der Waals surface area contributed by atoms with Crippen LogP contribution >= 0.6 is 0 Å². The third kappa shape index (κ3) is 2.86. The highest BCUT2D eigenvalue weighted by Gasteiger charge is 2.27. The molecule has 0 spiro atoms. The summed E-state index contributed by atoms with van der Waals surface area (Å²) in [7, 11) is 0. The normalized spacial score (nSPS) is 24.1. The van der Waals surface area contributed by atoms with Gasteiger partial charge in [0, 0.05) is 0 Å². The van der Waals surface area contributed by atoms with Crippen molar-refractivity contribution >= 4 is 5.97 Å². The van der Waals surface area contributed by atoms with Gasteiger partial charge in [0.2, 0.25) is 0 Å². The number of aliphatic carboxylic acids is 1. The Morgan fingerprint density at radius 2 is 2.43 bits per heavy atom. The van der Waals surface area contributed by atoms with Crippen LogP contribution in [0.25, 0.3) is 0 Å². The molecule has 1 aliphatic carbocycles. The van der Waals surface area contributed by atoms with Gasteiger partial charge in [0.15, 0.2) is 0 Å². The van der Waals surface area contributed by atoms with Crippen LogP contribution in [0.5, 0.6) is 0 Å². The first-order chi connectivity index (χ1) is 6.65. The number of carbonyl (C=O) groups is 1. The monoisotopic (exact) mass is 196 g/mol. The first-order valence-corrected chi connectivity index (χ1v) is 5.53. The quantitative estimate of drug-likeness (QED) is 0.701. The van der Waals surface area contributed by atoms with E-state index in [1.54, 1.807) is 0 Å². The number of rotatable bonds is 4. The molecule has 1 rings (SSSR count). The molecule has 1 aliphatic rings. The third-order valence-corrected chi connectivity index (χ3v) is 3.16. The van der Waals surface area contributed by atoms with Crippen molar-refractivity contribution in [2.24, 2.45) is 11.8 Å². The minimum atomic E-state index is -0.607. The van der Waals surface area contributed by atoms with Crippen molar-refractivity contribution < 1.29 is 9.90 Å². The molecule has 0 aromatic rings. The zero-order valence-corrected chi connectivity index (χ0v) is 9.12. The van der Waals surface area contributed by atoms with Crippen molar-refractivity contribution in [3.8, 4) is 0 Å². The minimum Gasteiger partial charge on any atom is -0.481 e. The molecule has 0 bridgehead atoms. The largest absolute Gasteiger partial charge is 0.481 e. The van der Waals surface area contributed by atoms with Gasteiger partial charge in [0.25, 0.3) is 0 Å². The van der Waals surface area contributed by atoms with Gasteiger partial charge < -0.3 is 5.11 Å². The van der Waals surface area contributed by atoms with Crippen LogP contribution in [-0.4, -0.2) is 11.1 Å². The second-order valence-corrected chi connectivity index (χ2v) is 4.32. The number of hydrogen-bond donors (Lipinski definition) is 1. The maximum atomic E-state index is 11.0. The second kappa shape index (κ2) is 5.18. The van der Waals surface area contributed by atoms with Crippen LogP contribution in [0.4, 0.5) is 0 Å². The number of carboxylic acid groups (broad SMARTS) is 1. The molecule has 2 atom stereocenters. The van der Waals surface area contributed by atoms with E-state index in [0.29, 0.717) is 5.92 Å². The van der Waals surface area contributed by atoms with Crippen molar-refractivity contribution in [2.45, 2.75) is 46.0 Å². The first-order valence-electron chi connectivity index (χ1n) is 5.53. The predicted molar refractivity (Wildman–Crippen MR) is 57.1 cm³/mol. The summed E-state index contributed by atoms with van der Waals surface area (Å²) >= 11 is 0. The zero-order chi connectivity index (χ0) is 10.6. The molecule has 2 heteroatoms. The lowest BCUT2D eigenvalue weighted by Gasteiger charge is -2.26. The lowest BCUT2D eigenvalue weighted by Crippen LogP contribution is -2.24. The Morgan fingerprint density at radius 1 is 1.71 bits per heavy atom. The van der Waals surface area contributed by atoms with E-state index >= 15 is 0 Å². The molecule has 0 aromatic carbocycles. The van der Waals surface area contributed by atoms with Crippen molar-refractivity contribution in [1.29, 1.82) is 0 Å². The Bertz CT molecular complexity index is 230. The highest BCUT2D eigenvalue weighted by atomic mass is 16.4. The van der Waals surface area contributed by atoms with Crippen LogP contribution in [-0.2, 0) is 4.79 Å². The summed E-state index contributed by atoms with van der Waals surface area (Å²) in [6.45, 7) is 4.19. The van der Waals surface area contributed by atoms with Crippen LogP contribution in [0.3, 0.4) is 0 Å². The molecule has 0 heterocycles. The van der Waals surface area contributed by atoms with Crippen LogP contribution in [0.15, 0.2) is 11.6 Å². The minimum absolute atomic E-state index is 0.121. The summed E-state index contributed by atoms with van der Waals surface area (Å²) in [6, 6.07) is 0. The van der Waals surface area contributed by atoms with Crippen molar-refractivity contribution in [2.75, 3.05) is 0 Å². The summed E-state index contributed by atoms with van der Waals surface area (Å²) < 4.78 is 0. The van der Waals surface area contributed by atoms with E-state index in [1.807, 2.05) is 0 Å². The molecule has 0 saturated heterocycles. The van der Waals surface area contributed by atoms with Crippen LogP contribution in [0, 0.1) is 11.8 Å². The van der Waals surface area contributed by atoms with Gasteiger partial charge in [0.1, 0.15) is 0 Å². The molecule has 2 unspecified atom stereocenters. The van der Waals surface area contributed by atoms with Crippen molar-refractivity contribution in [3.05, 3.63) is 11.6 Å². The molecule has 2 nitrogen and oxygen atoms in total. The van der Waals surface area contributed by atoms with Crippen LogP contribution in [0.2, 0.25) is 0 Å². The van der Waals surface area contributed by atoms with Crippen molar-refractivity contribution in [1.82, 2.24) is 0 Å². The van der Waals surface area contributed by atoms with Crippen LogP contribution in [0.1, 0.15) is 46.0 Å². The number of hydrogen-bond acceptors (Lipinski definition) is 1. The Morgan fingerprint density at radius 3 is 2.86 bits per heavy atom. The van der Waals surface area contributed by atoms with Gasteiger partial charge in [-0.15, -0.1) is 0 Å². The standard InChI is InChI=1S/C12H20O2/c1-3-4-11(12(13)14)10-7-5-9(2)6-8-10/h5,10-11H,3-4,6-8H2,1-2H3,(H,13,14). The average molecular weight is 196 g/mol. The highest BCUT2D eigenvalue weighted by molar-refractivity contribution is 5.70. The lowest BCUT2D eigenvalue weighted by atomic mass is 9.79. The average Bonchev–Trinajstić information content (AvgIpc) is 2.15. The van der Waals surface area contributed by atoms with E-state index in [2.05, 4.69) is 19.9 Å². The predicted octanol–water partition coefficient (Wildman–Crippen LogP) is 3.23. The van der Waals surface area contributed by atoms with Gasteiger partial charge in [-0.2, -0.15) is 0 Å². The molecule has 0 fully saturated rings. The van der Waals surface area contributed by atoms with Gasteiger partial charge in [-0.05, 0) is 38.5 Å². The van der Waals surface area contributed by atoms with E-state index in [1.165, 1.54) is 5.57 Å². The van der Waals surface area contributed by atoms with Gasteiger partial charge in [-0.3, -0.25) is 4.79 Å². The zero-order valence-electron chi connectivity index (χ0n) is 9.12. The van der Waals surface area contributed by atoms with Gasteiger partial charge in [-0.1, -0.05) is 25.0 Å². The molecular formula is C12H20O2. The van der Waals surface area contributed by atoms with E-state index in [4.69, 9.17) is 5.11 Å². The molecule has 0 radical (unpaired) electrons. The Kier molecular flexibility index (Phi) is 4.18. The highest BCUT2D eigenvalue weighted by Crippen LogP contribution is 2.31. The van der Waals surface area contributed by atoms with E-state index in [9.17, 15) is 4.79 Å². The summed E-state index contributed by atoms with van der Waals surface area (Å²) in [5.41, 5.74) is 1.42. The lowest BCUT2D eigenvalue weighted by molar-refractivity contribution is -0.144. The summed E-state index contributed by atoms with van der Waals surface area (Å²) in [6.07, 6.45) is 7.10. The molecule has 80 valence electrons. The number of carboxylic acids is 1. The fourth-order valence-electron chi connectivity index (χ4n) is 2.22. The van der Waals surface area contributed by atoms with Gasteiger partial charge in [0.05, 0.1) is 5.92 Å². The summed E-state index contributed by atoms with van der Waals surface area (Å²) in [5, 5.41) is 9.10. The number of allylic oxidation sites excluding steroid dienone is 2. The Labute approximate surface area is 86.0 Å². The van der Waals surface area contributed by atoms with Crippen molar-refractivity contribution in [3.63, 3.8) is 0 Å². The SMILES string of the molecule is CCCC(C(=O)O)C1CC=C(C)CC1. The Hall–Kier alpha value is -0.790. The molecular weight excluding hydrogens is 176 g/mol. The molecule has 1 N–H and O–H groups in total.